The molecule has 3 aromatic carbocycles. The van der Waals surface area contributed by atoms with E-state index in [0.29, 0.717) is 0 Å². The largest absolute Gasteiger partial charge is 0.372 e. The molecule has 6 rings (SSSR count). The Labute approximate surface area is 187 Å². The van der Waals surface area contributed by atoms with Crippen molar-refractivity contribution in [2.24, 2.45) is 14.1 Å². The number of benzene rings is 3. The van der Waals surface area contributed by atoms with Gasteiger partial charge in [0.05, 0.1) is 30.6 Å². The molecule has 5 heteroatoms. The molecule has 0 fully saturated rings. The number of hydrogen-bond acceptors (Lipinski definition) is 1. The summed E-state index contributed by atoms with van der Waals surface area (Å²) in [4.78, 5) is 5.19. The van der Waals surface area contributed by atoms with Crippen LogP contribution in [0, 0.1) is 34.6 Å². The first-order valence-electron chi connectivity index (χ1n) is 11.1. The molecule has 0 N–H and O–H groups in total. The lowest BCUT2D eigenvalue weighted by Gasteiger charge is -2.05. The Hall–Kier alpha value is -3.60. The smallest absolute Gasteiger partial charge is 0.261 e. The Morgan fingerprint density at radius 3 is 2.31 bits per heavy atom. The number of nitrogens with zero attached hydrogens (tertiary/aromatic N) is 5. The molecule has 3 aromatic heterocycles. The van der Waals surface area contributed by atoms with E-state index in [0.717, 1.165) is 22.8 Å². The molecule has 0 saturated heterocycles. The Morgan fingerprint density at radius 1 is 0.781 bits per heavy atom. The first-order chi connectivity index (χ1) is 15.3. The summed E-state index contributed by atoms with van der Waals surface area (Å²) in [5.74, 6) is 2.06. The monoisotopic (exact) mass is 422 g/mol. The molecule has 0 amide bonds. The Balaban J connectivity index is 1.89. The average molecular weight is 423 g/mol. The fraction of sp³-hybridized carbons (Fsp3) is 0.259. The van der Waals surface area contributed by atoms with Crippen molar-refractivity contribution in [2.75, 3.05) is 0 Å². The van der Waals surface area contributed by atoms with E-state index >= 15 is 0 Å². The van der Waals surface area contributed by atoms with E-state index in [9.17, 15) is 0 Å². The minimum absolute atomic E-state index is 0.952. The van der Waals surface area contributed by atoms with Crippen molar-refractivity contribution >= 4 is 38.9 Å². The van der Waals surface area contributed by atoms with Gasteiger partial charge in [-0.05, 0) is 86.7 Å². The lowest BCUT2D eigenvalue weighted by molar-refractivity contribution is -0.639. The third-order valence-electron chi connectivity index (χ3n) is 7.33. The number of imidazole rings is 3. The highest BCUT2D eigenvalue weighted by atomic mass is 15.3. The third-order valence-corrected chi connectivity index (χ3v) is 7.33. The van der Waals surface area contributed by atoms with Crippen LogP contribution in [0.15, 0.2) is 42.5 Å². The number of aryl methyl sites for hydroxylation is 7. The van der Waals surface area contributed by atoms with Gasteiger partial charge in [-0.3, -0.25) is 4.40 Å². The SMILES string of the molecule is Cc1cc2c(cc1C)[n+](C)c(-n1c3c(C)c(C)ccc3n3c4cccc(C)c4nc13)n2C. The maximum Gasteiger partial charge on any atom is 0.372 e. The highest BCUT2D eigenvalue weighted by molar-refractivity contribution is 5.94. The number of rotatable bonds is 1. The molecule has 0 aliphatic heterocycles. The Morgan fingerprint density at radius 2 is 1.53 bits per heavy atom. The van der Waals surface area contributed by atoms with Crippen LogP contribution in [0.1, 0.15) is 27.8 Å². The van der Waals surface area contributed by atoms with Crippen molar-refractivity contribution in [3.05, 3.63) is 70.3 Å². The molecule has 160 valence electrons. The van der Waals surface area contributed by atoms with Crippen molar-refractivity contribution in [2.45, 2.75) is 34.6 Å². The van der Waals surface area contributed by atoms with Crippen molar-refractivity contribution < 1.29 is 4.57 Å². The minimum atomic E-state index is 0.952. The van der Waals surface area contributed by atoms with Crippen molar-refractivity contribution in [3.8, 4) is 5.95 Å². The second kappa shape index (κ2) is 6.22. The third kappa shape index (κ3) is 2.23. The second-order valence-electron chi connectivity index (χ2n) is 9.24. The van der Waals surface area contributed by atoms with Gasteiger partial charge in [0.1, 0.15) is 16.6 Å². The van der Waals surface area contributed by atoms with Gasteiger partial charge in [-0.1, -0.05) is 18.2 Å². The average Bonchev–Trinajstić information content (AvgIpc) is 3.36. The predicted molar refractivity (Wildman–Crippen MR) is 131 cm³/mol. The zero-order valence-corrected chi connectivity index (χ0v) is 19.8. The summed E-state index contributed by atoms with van der Waals surface area (Å²) in [6, 6.07) is 15.5. The highest BCUT2D eigenvalue weighted by Crippen LogP contribution is 2.33. The molecule has 0 bridgehead atoms. The van der Waals surface area contributed by atoms with Crippen LogP contribution in [0.4, 0.5) is 0 Å². The van der Waals surface area contributed by atoms with Crippen LogP contribution in [-0.2, 0) is 14.1 Å². The molecular formula is C27H28N5+. The molecule has 5 nitrogen and oxygen atoms in total. The quantitative estimate of drug-likeness (QED) is 0.331. The molecule has 0 unspecified atom stereocenters. The topological polar surface area (TPSA) is 31.0 Å². The van der Waals surface area contributed by atoms with E-state index in [2.05, 4.69) is 109 Å². The maximum absolute atomic E-state index is 5.19. The van der Waals surface area contributed by atoms with Crippen LogP contribution in [0.2, 0.25) is 0 Å². The summed E-state index contributed by atoms with van der Waals surface area (Å²) in [6.07, 6.45) is 0. The number of fused-ring (bicyclic) bond motifs is 6. The minimum Gasteiger partial charge on any atom is -0.261 e. The first kappa shape index (κ1) is 19.1. The van der Waals surface area contributed by atoms with Gasteiger partial charge in [-0.2, -0.15) is 9.55 Å². The van der Waals surface area contributed by atoms with Gasteiger partial charge in [-0.15, -0.1) is 0 Å². The highest BCUT2D eigenvalue weighted by Gasteiger charge is 2.30. The fourth-order valence-electron chi connectivity index (χ4n) is 5.22. The molecule has 0 saturated carbocycles. The van der Waals surface area contributed by atoms with Crippen LogP contribution in [0.3, 0.4) is 0 Å². The van der Waals surface area contributed by atoms with Gasteiger partial charge >= 0.3 is 5.95 Å². The molecule has 0 aliphatic carbocycles. The normalized spacial score (nSPS) is 12.2. The van der Waals surface area contributed by atoms with Crippen molar-refractivity contribution in [1.82, 2.24) is 18.5 Å². The van der Waals surface area contributed by atoms with Gasteiger partial charge in [-0.25, -0.2) is 9.13 Å². The van der Waals surface area contributed by atoms with Gasteiger partial charge in [0, 0.05) is 0 Å². The van der Waals surface area contributed by atoms with Crippen LogP contribution >= 0.6 is 0 Å². The summed E-state index contributed by atoms with van der Waals surface area (Å²) >= 11 is 0. The molecule has 0 spiro atoms. The zero-order chi connectivity index (χ0) is 22.5. The lowest BCUT2D eigenvalue weighted by atomic mass is 10.1. The number of aromatic nitrogens is 5. The molecule has 32 heavy (non-hydrogen) atoms. The van der Waals surface area contributed by atoms with E-state index < -0.39 is 0 Å². The lowest BCUT2D eigenvalue weighted by Crippen LogP contribution is -2.33. The van der Waals surface area contributed by atoms with Crippen molar-refractivity contribution in [3.63, 3.8) is 0 Å². The first-order valence-corrected chi connectivity index (χ1v) is 11.1. The second-order valence-corrected chi connectivity index (χ2v) is 9.24. The number of para-hydroxylation sites is 1. The van der Waals surface area contributed by atoms with Crippen LogP contribution in [0.5, 0.6) is 0 Å². The Kier molecular flexibility index (Phi) is 3.72. The van der Waals surface area contributed by atoms with Gasteiger partial charge in [0.25, 0.3) is 5.78 Å². The van der Waals surface area contributed by atoms with Gasteiger partial charge < -0.3 is 0 Å². The van der Waals surface area contributed by atoms with E-state index in [1.54, 1.807) is 0 Å². The van der Waals surface area contributed by atoms with Crippen molar-refractivity contribution in [1.29, 1.82) is 0 Å². The van der Waals surface area contributed by atoms with Crippen LogP contribution in [0.25, 0.3) is 44.8 Å². The fourth-order valence-corrected chi connectivity index (χ4v) is 5.22. The molecule has 0 atom stereocenters. The summed E-state index contributed by atoms with van der Waals surface area (Å²) in [5.41, 5.74) is 13.4. The Bertz CT molecular complexity index is 1690. The molecular weight excluding hydrogens is 394 g/mol. The van der Waals surface area contributed by atoms with E-state index in [1.807, 2.05) is 0 Å². The van der Waals surface area contributed by atoms with E-state index in [-0.39, 0.29) is 0 Å². The molecule has 3 heterocycles. The summed E-state index contributed by atoms with van der Waals surface area (Å²) in [6.45, 7) is 10.9. The zero-order valence-electron chi connectivity index (χ0n) is 19.8. The van der Waals surface area contributed by atoms with Crippen LogP contribution in [-0.4, -0.2) is 18.5 Å². The number of hydrogen-bond donors (Lipinski definition) is 0. The van der Waals surface area contributed by atoms with Gasteiger partial charge in [0.2, 0.25) is 0 Å². The molecule has 0 radical (unpaired) electrons. The predicted octanol–water partition coefficient (Wildman–Crippen LogP) is 5.29. The summed E-state index contributed by atoms with van der Waals surface area (Å²) in [5, 5.41) is 0. The van der Waals surface area contributed by atoms with Crippen LogP contribution < -0.4 is 4.57 Å². The molecule has 6 aromatic rings. The summed E-state index contributed by atoms with van der Waals surface area (Å²) < 4.78 is 9.27. The molecule has 0 aliphatic rings. The van der Waals surface area contributed by atoms with E-state index in [4.69, 9.17) is 4.98 Å². The maximum atomic E-state index is 5.19. The van der Waals surface area contributed by atoms with E-state index in [1.165, 1.54) is 49.9 Å². The summed E-state index contributed by atoms with van der Waals surface area (Å²) in [7, 11) is 4.32. The standard InChI is InChI=1S/C27H28N5/c1-15-11-12-21-25(19(15)5)32(26-28-24-16(2)9-8-10-20(24)31(21)26)27-29(6)22-13-17(3)18(4)14-23(22)30(27)7/h8-14H,1-7H3/q+1. The van der Waals surface area contributed by atoms with Gasteiger partial charge in [0.15, 0.2) is 0 Å².